The average molecular weight is 250 g/mol. The lowest BCUT2D eigenvalue weighted by Gasteiger charge is -2.37. The van der Waals surface area contributed by atoms with E-state index in [4.69, 9.17) is 10.9 Å². The van der Waals surface area contributed by atoms with E-state index in [0.717, 1.165) is 25.2 Å². The van der Waals surface area contributed by atoms with E-state index >= 15 is 0 Å². The van der Waals surface area contributed by atoms with Crippen molar-refractivity contribution in [2.45, 2.75) is 38.3 Å². The molecule has 1 heterocycles. The van der Waals surface area contributed by atoms with Crippen LogP contribution >= 0.6 is 0 Å². The van der Waals surface area contributed by atoms with Crippen LogP contribution in [0.4, 0.5) is 5.82 Å². The Balaban J connectivity index is 1.97. The molecule has 1 aromatic rings. The van der Waals surface area contributed by atoms with Crippen LogP contribution in [0.1, 0.15) is 31.4 Å². The Bertz CT molecular complexity index is 368. The van der Waals surface area contributed by atoms with Gasteiger partial charge in [0.05, 0.1) is 5.69 Å². The number of hydrogen-bond donors (Lipinski definition) is 3. The molecule has 5 heteroatoms. The molecular formula is C13H22N4O. The summed E-state index contributed by atoms with van der Waals surface area (Å²) in [7, 11) is 0. The molecule has 5 nitrogen and oxygen atoms in total. The number of nitrogens with one attached hydrogen (secondary N) is 1. The molecule has 1 saturated carbocycles. The highest BCUT2D eigenvalue weighted by Crippen LogP contribution is 2.26. The normalized spacial score (nSPS) is 15.7. The summed E-state index contributed by atoms with van der Waals surface area (Å²) in [6.45, 7) is 2.02. The van der Waals surface area contributed by atoms with Gasteiger partial charge >= 0.3 is 0 Å². The SMILES string of the molecule is NNc1cccc(CN(CCCO)C2CCC2)n1. The average Bonchev–Trinajstić information content (AvgIpc) is 2.34. The van der Waals surface area contributed by atoms with Gasteiger partial charge in [-0.25, -0.2) is 10.8 Å². The standard InChI is InChI=1S/C13H22N4O/c14-16-13-7-1-4-11(15-13)10-17(8-3-9-18)12-5-2-6-12/h1,4,7,12,18H,2-3,5-6,8-10,14H2,(H,15,16). The Morgan fingerprint density at radius 3 is 2.89 bits per heavy atom. The summed E-state index contributed by atoms with van der Waals surface area (Å²) in [5.41, 5.74) is 3.59. The van der Waals surface area contributed by atoms with Crippen LogP contribution in [-0.2, 0) is 6.54 Å². The Morgan fingerprint density at radius 1 is 1.44 bits per heavy atom. The van der Waals surface area contributed by atoms with Crippen molar-refractivity contribution in [2.24, 2.45) is 5.84 Å². The van der Waals surface area contributed by atoms with Gasteiger partial charge in [0.1, 0.15) is 5.82 Å². The highest BCUT2D eigenvalue weighted by molar-refractivity contribution is 5.33. The summed E-state index contributed by atoms with van der Waals surface area (Å²) in [5.74, 6) is 6.07. The molecule has 18 heavy (non-hydrogen) atoms. The fraction of sp³-hybridized carbons (Fsp3) is 0.615. The van der Waals surface area contributed by atoms with Crippen molar-refractivity contribution in [3.8, 4) is 0 Å². The van der Waals surface area contributed by atoms with Gasteiger partial charge in [0.2, 0.25) is 0 Å². The molecule has 0 saturated heterocycles. The largest absolute Gasteiger partial charge is 0.396 e. The van der Waals surface area contributed by atoms with Crippen LogP contribution in [0.15, 0.2) is 18.2 Å². The number of aromatic nitrogens is 1. The van der Waals surface area contributed by atoms with Crippen molar-refractivity contribution >= 4 is 5.82 Å². The van der Waals surface area contributed by atoms with Crippen molar-refractivity contribution in [1.82, 2.24) is 9.88 Å². The van der Waals surface area contributed by atoms with Crippen molar-refractivity contribution in [3.05, 3.63) is 23.9 Å². The number of rotatable bonds is 7. The van der Waals surface area contributed by atoms with Crippen molar-refractivity contribution < 1.29 is 5.11 Å². The molecule has 1 aromatic heterocycles. The lowest BCUT2D eigenvalue weighted by atomic mass is 9.91. The quantitative estimate of drug-likeness (QED) is 0.499. The molecule has 0 atom stereocenters. The molecule has 4 N–H and O–H groups in total. The molecule has 0 radical (unpaired) electrons. The minimum atomic E-state index is 0.251. The molecular weight excluding hydrogens is 228 g/mol. The Kier molecular flexibility index (Phi) is 4.92. The predicted octanol–water partition coefficient (Wildman–Crippen LogP) is 1.10. The van der Waals surface area contributed by atoms with Gasteiger partial charge in [-0.05, 0) is 31.4 Å². The molecule has 100 valence electrons. The van der Waals surface area contributed by atoms with Gasteiger partial charge in [-0.15, -0.1) is 0 Å². The second-order valence-electron chi connectivity index (χ2n) is 4.79. The summed E-state index contributed by atoms with van der Waals surface area (Å²) in [5, 5.41) is 8.97. The smallest absolute Gasteiger partial charge is 0.140 e. The summed E-state index contributed by atoms with van der Waals surface area (Å²) in [4.78, 5) is 6.86. The summed E-state index contributed by atoms with van der Waals surface area (Å²) >= 11 is 0. The van der Waals surface area contributed by atoms with E-state index in [1.54, 1.807) is 0 Å². The van der Waals surface area contributed by atoms with Crippen LogP contribution in [0.2, 0.25) is 0 Å². The van der Waals surface area contributed by atoms with Crippen LogP contribution in [0.5, 0.6) is 0 Å². The fourth-order valence-electron chi connectivity index (χ4n) is 2.27. The van der Waals surface area contributed by atoms with Gasteiger partial charge in [0.15, 0.2) is 0 Å². The van der Waals surface area contributed by atoms with E-state index in [9.17, 15) is 0 Å². The molecule has 0 bridgehead atoms. The molecule has 0 spiro atoms. The molecule has 1 aliphatic rings. The first-order valence-corrected chi connectivity index (χ1v) is 6.61. The van der Waals surface area contributed by atoms with Gasteiger partial charge in [-0.1, -0.05) is 12.5 Å². The zero-order valence-corrected chi connectivity index (χ0v) is 10.7. The number of hydrazine groups is 1. The minimum Gasteiger partial charge on any atom is -0.396 e. The van der Waals surface area contributed by atoms with Crippen molar-refractivity contribution in [2.75, 3.05) is 18.6 Å². The molecule has 0 aromatic carbocycles. The monoisotopic (exact) mass is 250 g/mol. The van der Waals surface area contributed by atoms with E-state index in [2.05, 4.69) is 15.3 Å². The van der Waals surface area contributed by atoms with Gasteiger partial charge in [0, 0.05) is 25.7 Å². The second kappa shape index (κ2) is 6.68. The maximum absolute atomic E-state index is 8.97. The number of nitrogen functional groups attached to an aromatic ring is 1. The third kappa shape index (κ3) is 3.41. The number of aliphatic hydroxyl groups is 1. The highest BCUT2D eigenvalue weighted by atomic mass is 16.3. The molecule has 0 amide bonds. The van der Waals surface area contributed by atoms with Crippen LogP contribution in [0.25, 0.3) is 0 Å². The zero-order valence-electron chi connectivity index (χ0n) is 10.7. The maximum atomic E-state index is 8.97. The van der Waals surface area contributed by atoms with Crippen molar-refractivity contribution in [3.63, 3.8) is 0 Å². The van der Waals surface area contributed by atoms with E-state index in [1.165, 1.54) is 19.3 Å². The van der Waals surface area contributed by atoms with Crippen LogP contribution in [0, 0.1) is 0 Å². The van der Waals surface area contributed by atoms with Gasteiger partial charge < -0.3 is 10.5 Å². The van der Waals surface area contributed by atoms with E-state index < -0.39 is 0 Å². The second-order valence-corrected chi connectivity index (χ2v) is 4.79. The maximum Gasteiger partial charge on any atom is 0.140 e. The van der Waals surface area contributed by atoms with Gasteiger partial charge in [0.25, 0.3) is 0 Å². The van der Waals surface area contributed by atoms with Crippen LogP contribution < -0.4 is 11.3 Å². The first-order valence-electron chi connectivity index (χ1n) is 6.61. The lowest BCUT2D eigenvalue weighted by Crippen LogP contribution is -2.40. The topological polar surface area (TPSA) is 74.4 Å². The minimum absolute atomic E-state index is 0.251. The fourth-order valence-corrected chi connectivity index (χ4v) is 2.27. The predicted molar refractivity (Wildman–Crippen MR) is 71.8 cm³/mol. The van der Waals surface area contributed by atoms with E-state index in [0.29, 0.717) is 11.9 Å². The summed E-state index contributed by atoms with van der Waals surface area (Å²) in [6.07, 6.45) is 4.67. The summed E-state index contributed by atoms with van der Waals surface area (Å²) < 4.78 is 0. The number of pyridine rings is 1. The number of hydrogen-bond acceptors (Lipinski definition) is 5. The Morgan fingerprint density at radius 2 is 2.28 bits per heavy atom. The highest BCUT2D eigenvalue weighted by Gasteiger charge is 2.24. The third-order valence-electron chi connectivity index (χ3n) is 3.51. The first-order chi connectivity index (χ1) is 8.83. The first kappa shape index (κ1) is 13.3. The van der Waals surface area contributed by atoms with Crippen LogP contribution in [-0.4, -0.2) is 34.2 Å². The molecule has 1 fully saturated rings. The Hall–Kier alpha value is -1.17. The van der Waals surface area contributed by atoms with Gasteiger partial charge in [-0.2, -0.15) is 0 Å². The van der Waals surface area contributed by atoms with Crippen LogP contribution in [0.3, 0.4) is 0 Å². The summed E-state index contributed by atoms with van der Waals surface area (Å²) in [6, 6.07) is 6.49. The van der Waals surface area contributed by atoms with E-state index in [1.807, 2.05) is 18.2 Å². The number of nitrogens with zero attached hydrogens (tertiary/aromatic N) is 2. The number of anilines is 1. The molecule has 1 aliphatic carbocycles. The third-order valence-corrected chi connectivity index (χ3v) is 3.51. The molecule has 2 rings (SSSR count). The lowest BCUT2D eigenvalue weighted by molar-refractivity contribution is 0.108. The molecule has 0 unspecified atom stereocenters. The Labute approximate surface area is 108 Å². The van der Waals surface area contributed by atoms with Gasteiger partial charge in [-0.3, -0.25) is 4.90 Å². The zero-order chi connectivity index (χ0) is 12.8. The van der Waals surface area contributed by atoms with Crippen molar-refractivity contribution in [1.29, 1.82) is 0 Å². The van der Waals surface area contributed by atoms with E-state index in [-0.39, 0.29) is 6.61 Å². The molecule has 0 aliphatic heterocycles. The number of nitrogens with two attached hydrogens (primary N) is 1. The number of aliphatic hydroxyl groups excluding tert-OH is 1.